The van der Waals surface area contributed by atoms with Gasteiger partial charge in [0.25, 0.3) is 0 Å². The van der Waals surface area contributed by atoms with E-state index < -0.39 is 22.5 Å². The molecule has 0 aliphatic heterocycles. The van der Waals surface area contributed by atoms with Crippen LogP contribution in [0.3, 0.4) is 0 Å². The van der Waals surface area contributed by atoms with Crippen molar-refractivity contribution in [2.75, 3.05) is 19.3 Å². The first kappa shape index (κ1) is 14.4. The van der Waals surface area contributed by atoms with E-state index in [1.807, 2.05) is 0 Å². The van der Waals surface area contributed by atoms with Crippen molar-refractivity contribution in [1.29, 1.82) is 0 Å². The van der Waals surface area contributed by atoms with Crippen LogP contribution in [0.15, 0.2) is 0 Å². The zero-order valence-electron chi connectivity index (χ0n) is 10.3. The summed E-state index contributed by atoms with van der Waals surface area (Å²) >= 11 is 0. The minimum Gasteiger partial charge on any atom is -0.480 e. The Morgan fingerprint density at radius 1 is 1.29 bits per heavy atom. The summed E-state index contributed by atoms with van der Waals surface area (Å²) in [5.74, 6) is -0.549. The number of hydrogen-bond acceptors (Lipinski definition) is 3. The second kappa shape index (κ2) is 6.35. The molecule has 0 aromatic carbocycles. The molecule has 0 unspecified atom stereocenters. The van der Waals surface area contributed by atoms with Gasteiger partial charge in [0.2, 0.25) is 10.0 Å². The fraction of sp³-hybridized carbons (Fsp3) is 0.909. The van der Waals surface area contributed by atoms with Crippen molar-refractivity contribution in [3.63, 3.8) is 0 Å². The lowest BCUT2D eigenvalue weighted by Crippen LogP contribution is -2.34. The lowest BCUT2D eigenvalue weighted by atomic mass is 9.88. The molecule has 0 aromatic heterocycles. The van der Waals surface area contributed by atoms with Crippen molar-refractivity contribution in [3.8, 4) is 0 Å². The average Bonchev–Trinajstić information content (AvgIpc) is 2.27. The highest BCUT2D eigenvalue weighted by molar-refractivity contribution is 7.89. The SMILES string of the molecule is CN(CC(=O)O)S(=O)(=O)CCC1CCCCC1. The number of hydrogen-bond donors (Lipinski definition) is 1. The third-order valence-electron chi connectivity index (χ3n) is 3.34. The molecule has 6 heteroatoms. The Bertz CT molecular complexity index is 346. The fourth-order valence-corrected chi connectivity index (χ4v) is 3.49. The van der Waals surface area contributed by atoms with Crippen LogP contribution in [0.1, 0.15) is 38.5 Å². The van der Waals surface area contributed by atoms with E-state index in [0.29, 0.717) is 12.3 Å². The molecule has 0 saturated heterocycles. The van der Waals surface area contributed by atoms with Gasteiger partial charge in [0.1, 0.15) is 6.54 Å². The number of aliphatic carboxylic acids is 1. The van der Waals surface area contributed by atoms with Gasteiger partial charge in [-0.2, -0.15) is 4.31 Å². The highest BCUT2D eigenvalue weighted by Crippen LogP contribution is 2.26. The van der Waals surface area contributed by atoms with Gasteiger partial charge in [-0.15, -0.1) is 0 Å². The molecule has 0 radical (unpaired) electrons. The molecule has 1 fully saturated rings. The van der Waals surface area contributed by atoms with E-state index in [2.05, 4.69) is 0 Å². The maximum Gasteiger partial charge on any atom is 0.318 e. The van der Waals surface area contributed by atoms with Crippen molar-refractivity contribution in [2.45, 2.75) is 38.5 Å². The van der Waals surface area contributed by atoms with E-state index in [0.717, 1.165) is 17.1 Å². The van der Waals surface area contributed by atoms with Crippen LogP contribution in [0.4, 0.5) is 0 Å². The number of carboxylic acid groups (broad SMARTS) is 1. The molecule has 0 amide bonds. The van der Waals surface area contributed by atoms with Gasteiger partial charge in [0, 0.05) is 7.05 Å². The average molecular weight is 263 g/mol. The molecule has 1 N–H and O–H groups in total. The predicted molar refractivity (Wildman–Crippen MR) is 65.2 cm³/mol. The van der Waals surface area contributed by atoms with Crippen LogP contribution < -0.4 is 0 Å². The number of carboxylic acids is 1. The van der Waals surface area contributed by atoms with Gasteiger partial charge in [-0.3, -0.25) is 4.79 Å². The van der Waals surface area contributed by atoms with Crippen LogP contribution in [0.25, 0.3) is 0 Å². The van der Waals surface area contributed by atoms with Crippen LogP contribution in [0, 0.1) is 5.92 Å². The normalized spacial score (nSPS) is 18.5. The monoisotopic (exact) mass is 263 g/mol. The molecule has 100 valence electrons. The Balaban J connectivity index is 2.40. The minimum atomic E-state index is -3.40. The van der Waals surface area contributed by atoms with Gasteiger partial charge in [0.05, 0.1) is 5.75 Å². The number of sulfonamides is 1. The smallest absolute Gasteiger partial charge is 0.318 e. The Hall–Kier alpha value is -0.620. The van der Waals surface area contributed by atoms with Crippen LogP contribution in [0.2, 0.25) is 0 Å². The van der Waals surface area contributed by atoms with Gasteiger partial charge >= 0.3 is 5.97 Å². The van der Waals surface area contributed by atoms with E-state index in [-0.39, 0.29) is 5.75 Å². The maximum atomic E-state index is 11.8. The van der Waals surface area contributed by atoms with Gasteiger partial charge < -0.3 is 5.11 Å². The summed E-state index contributed by atoms with van der Waals surface area (Å²) in [5, 5.41) is 8.56. The van der Waals surface area contributed by atoms with Crippen LogP contribution in [-0.2, 0) is 14.8 Å². The Morgan fingerprint density at radius 2 is 1.88 bits per heavy atom. The molecular formula is C11H21NO4S. The molecule has 0 aromatic rings. The number of nitrogens with zero attached hydrogens (tertiary/aromatic N) is 1. The maximum absolute atomic E-state index is 11.8. The number of carbonyl (C=O) groups is 1. The van der Waals surface area contributed by atoms with Gasteiger partial charge in [0.15, 0.2) is 0 Å². The molecule has 0 heterocycles. The molecule has 1 aliphatic carbocycles. The zero-order chi connectivity index (χ0) is 12.9. The van der Waals surface area contributed by atoms with E-state index in [1.54, 1.807) is 0 Å². The number of rotatable bonds is 6. The van der Waals surface area contributed by atoms with E-state index >= 15 is 0 Å². The largest absolute Gasteiger partial charge is 0.480 e. The van der Waals surface area contributed by atoms with Crippen LogP contribution >= 0.6 is 0 Å². The summed E-state index contributed by atoms with van der Waals surface area (Å²) in [6, 6.07) is 0. The van der Waals surface area contributed by atoms with E-state index in [1.165, 1.54) is 26.3 Å². The fourth-order valence-electron chi connectivity index (χ4n) is 2.24. The van der Waals surface area contributed by atoms with Gasteiger partial charge in [-0.1, -0.05) is 32.1 Å². The van der Waals surface area contributed by atoms with Crippen molar-refractivity contribution in [1.82, 2.24) is 4.31 Å². The summed E-state index contributed by atoms with van der Waals surface area (Å²) in [6.45, 7) is -0.451. The lowest BCUT2D eigenvalue weighted by molar-refractivity contribution is -0.137. The molecule has 17 heavy (non-hydrogen) atoms. The van der Waals surface area contributed by atoms with Crippen molar-refractivity contribution >= 4 is 16.0 Å². The molecule has 5 nitrogen and oxygen atoms in total. The summed E-state index contributed by atoms with van der Waals surface area (Å²) in [7, 11) is -2.08. The topological polar surface area (TPSA) is 74.7 Å². The Kier molecular flexibility index (Phi) is 5.39. The molecular weight excluding hydrogens is 242 g/mol. The Morgan fingerprint density at radius 3 is 2.41 bits per heavy atom. The predicted octanol–water partition coefficient (Wildman–Crippen LogP) is 1.30. The minimum absolute atomic E-state index is 0.0709. The quantitative estimate of drug-likeness (QED) is 0.784. The zero-order valence-corrected chi connectivity index (χ0v) is 11.1. The first-order chi connectivity index (χ1) is 7.92. The van der Waals surface area contributed by atoms with Crippen LogP contribution in [-0.4, -0.2) is 43.1 Å². The molecule has 0 atom stereocenters. The van der Waals surface area contributed by atoms with Gasteiger partial charge in [-0.05, 0) is 12.3 Å². The third-order valence-corrected chi connectivity index (χ3v) is 5.17. The molecule has 1 rings (SSSR count). The summed E-state index contributed by atoms with van der Waals surface area (Å²) < 4.78 is 24.5. The van der Waals surface area contributed by atoms with Crippen molar-refractivity contribution in [2.24, 2.45) is 5.92 Å². The molecule has 0 bridgehead atoms. The standard InChI is InChI=1S/C11H21NO4S/c1-12(9-11(13)14)17(15,16)8-7-10-5-3-2-4-6-10/h10H,2-9H2,1H3,(H,13,14). The van der Waals surface area contributed by atoms with Crippen molar-refractivity contribution in [3.05, 3.63) is 0 Å². The summed E-state index contributed by atoms with van der Waals surface area (Å²) in [6.07, 6.45) is 6.51. The molecule has 1 aliphatic rings. The first-order valence-electron chi connectivity index (χ1n) is 6.07. The highest BCUT2D eigenvalue weighted by Gasteiger charge is 2.22. The second-order valence-corrected chi connectivity index (χ2v) is 6.95. The van der Waals surface area contributed by atoms with E-state index in [4.69, 9.17) is 5.11 Å². The van der Waals surface area contributed by atoms with E-state index in [9.17, 15) is 13.2 Å². The lowest BCUT2D eigenvalue weighted by Gasteiger charge is -2.22. The Labute approximate surface area is 103 Å². The van der Waals surface area contributed by atoms with Gasteiger partial charge in [-0.25, -0.2) is 8.42 Å². The summed E-state index contributed by atoms with van der Waals surface area (Å²) in [5.41, 5.74) is 0. The van der Waals surface area contributed by atoms with Crippen LogP contribution in [0.5, 0.6) is 0 Å². The second-order valence-electron chi connectivity index (χ2n) is 4.76. The summed E-state index contributed by atoms with van der Waals surface area (Å²) in [4.78, 5) is 10.5. The van der Waals surface area contributed by atoms with Crippen molar-refractivity contribution < 1.29 is 18.3 Å². The molecule has 0 spiro atoms. The number of likely N-dealkylation sites (N-methyl/N-ethyl adjacent to an activating group) is 1. The highest BCUT2D eigenvalue weighted by atomic mass is 32.2. The third kappa shape index (κ3) is 5.04. The first-order valence-corrected chi connectivity index (χ1v) is 7.68. The molecule has 1 saturated carbocycles.